The van der Waals surface area contributed by atoms with Crippen LogP contribution in [0.1, 0.15) is 17.3 Å². The van der Waals surface area contributed by atoms with Crippen molar-refractivity contribution in [2.45, 2.75) is 17.9 Å². The number of amides is 1. The van der Waals surface area contributed by atoms with Crippen LogP contribution in [-0.2, 0) is 9.53 Å². The van der Waals surface area contributed by atoms with E-state index in [9.17, 15) is 9.59 Å². The Hall–Kier alpha value is -2.47. The fourth-order valence-electron chi connectivity index (χ4n) is 3.09. The van der Waals surface area contributed by atoms with Crippen molar-refractivity contribution < 1.29 is 14.3 Å². The summed E-state index contributed by atoms with van der Waals surface area (Å²) in [5.41, 5.74) is 1.62. The van der Waals surface area contributed by atoms with E-state index in [2.05, 4.69) is 17.0 Å². The van der Waals surface area contributed by atoms with E-state index >= 15 is 0 Å². The Morgan fingerprint density at radius 2 is 1.59 bits per heavy atom. The fourth-order valence-corrected chi connectivity index (χ4v) is 3.50. The molecule has 2 aromatic carbocycles. The number of benzene rings is 2. The quantitative estimate of drug-likeness (QED) is 0.585. The molecule has 0 spiro atoms. The maximum atomic E-state index is 12.6. The third-order valence-electron chi connectivity index (χ3n) is 4.67. The molecule has 0 aliphatic carbocycles. The molecule has 0 unspecified atom stereocenters. The molecular weight excluding hydrogens is 360 g/mol. The van der Waals surface area contributed by atoms with Crippen molar-refractivity contribution in [3.05, 3.63) is 60.2 Å². The van der Waals surface area contributed by atoms with Crippen LogP contribution >= 0.6 is 11.8 Å². The zero-order valence-electron chi connectivity index (χ0n) is 15.6. The van der Waals surface area contributed by atoms with Crippen molar-refractivity contribution in [3.8, 4) is 0 Å². The number of hydrogen-bond donors (Lipinski definition) is 0. The number of carbonyl (C=O) groups excluding carboxylic acids is 2. The van der Waals surface area contributed by atoms with Crippen molar-refractivity contribution in [1.82, 2.24) is 4.90 Å². The van der Waals surface area contributed by atoms with E-state index in [-0.39, 0.29) is 5.91 Å². The van der Waals surface area contributed by atoms with Gasteiger partial charge < -0.3 is 14.5 Å². The van der Waals surface area contributed by atoms with Crippen molar-refractivity contribution in [2.75, 3.05) is 37.3 Å². The van der Waals surface area contributed by atoms with Crippen LogP contribution < -0.4 is 4.90 Å². The second kappa shape index (κ2) is 8.95. The molecule has 1 amide bonds. The molecule has 142 valence electrons. The lowest BCUT2D eigenvalue weighted by atomic mass is 10.2. The number of esters is 1. The largest absolute Gasteiger partial charge is 0.449 e. The molecule has 3 rings (SSSR count). The number of piperazine rings is 1. The second-order valence-corrected chi connectivity index (χ2v) is 7.30. The maximum absolute atomic E-state index is 12.6. The molecule has 0 bridgehead atoms. The van der Waals surface area contributed by atoms with Crippen LogP contribution in [0.25, 0.3) is 0 Å². The molecule has 1 atom stereocenters. The van der Waals surface area contributed by atoms with Crippen LogP contribution in [0.2, 0.25) is 0 Å². The molecule has 1 saturated heterocycles. The van der Waals surface area contributed by atoms with Crippen molar-refractivity contribution in [2.24, 2.45) is 0 Å². The van der Waals surface area contributed by atoms with Gasteiger partial charge in [0.25, 0.3) is 5.91 Å². The van der Waals surface area contributed by atoms with Gasteiger partial charge in [0, 0.05) is 36.8 Å². The molecular formula is C21H24N2O3S. The number of thioether (sulfide) groups is 1. The number of anilines is 1. The number of rotatable bonds is 5. The SMILES string of the molecule is CSc1ccc(C(=O)O[C@H](C)C(=O)N2CCN(c3ccccc3)CC2)cc1. The highest BCUT2D eigenvalue weighted by Gasteiger charge is 2.27. The van der Waals surface area contributed by atoms with E-state index in [4.69, 9.17) is 4.74 Å². The van der Waals surface area contributed by atoms with Crippen LogP contribution in [-0.4, -0.2) is 55.3 Å². The average Bonchev–Trinajstić information content (AvgIpc) is 2.74. The number of nitrogens with zero attached hydrogens (tertiary/aromatic N) is 2. The first kappa shape index (κ1) is 19.3. The van der Waals surface area contributed by atoms with Crippen molar-refractivity contribution in [3.63, 3.8) is 0 Å². The summed E-state index contributed by atoms with van der Waals surface area (Å²) in [7, 11) is 0. The highest BCUT2D eigenvalue weighted by molar-refractivity contribution is 7.98. The lowest BCUT2D eigenvalue weighted by Crippen LogP contribution is -2.51. The molecule has 1 aliphatic rings. The highest BCUT2D eigenvalue weighted by atomic mass is 32.2. The lowest BCUT2D eigenvalue weighted by molar-refractivity contribution is -0.140. The minimum absolute atomic E-state index is 0.142. The molecule has 5 nitrogen and oxygen atoms in total. The van der Waals surface area contributed by atoms with Gasteiger partial charge >= 0.3 is 5.97 Å². The topological polar surface area (TPSA) is 49.9 Å². The standard InChI is InChI=1S/C21H24N2O3S/c1-16(26-21(25)17-8-10-19(27-2)11-9-17)20(24)23-14-12-22(13-15-23)18-6-4-3-5-7-18/h3-11,16H,12-15H2,1-2H3/t16-/m1/s1. The monoisotopic (exact) mass is 384 g/mol. The van der Waals surface area contributed by atoms with Gasteiger partial charge in [0.05, 0.1) is 5.56 Å². The zero-order valence-corrected chi connectivity index (χ0v) is 16.4. The van der Waals surface area contributed by atoms with Gasteiger partial charge in [-0.05, 0) is 49.6 Å². The van der Waals surface area contributed by atoms with E-state index in [1.165, 1.54) is 0 Å². The summed E-state index contributed by atoms with van der Waals surface area (Å²) in [5, 5.41) is 0. The van der Waals surface area contributed by atoms with Gasteiger partial charge in [-0.1, -0.05) is 18.2 Å². The molecule has 1 fully saturated rings. The van der Waals surface area contributed by atoms with E-state index in [0.717, 1.165) is 23.7 Å². The van der Waals surface area contributed by atoms with E-state index in [1.807, 2.05) is 36.6 Å². The Bertz CT molecular complexity index is 772. The first-order valence-corrected chi connectivity index (χ1v) is 10.2. The Morgan fingerprint density at radius 3 is 2.19 bits per heavy atom. The Morgan fingerprint density at radius 1 is 0.963 bits per heavy atom. The van der Waals surface area contributed by atoms with Gasteiger partial charge in [-0.25, -0.2) is 4.79 Å². The Balaban J connectivity index is 1.52. The summed E-state index contributed by atoms with van der Waals surface area (Å²) in [6.45, 7) is 4.43. The van der Waals surface area contributed by atoms with Crippen molar-refractivity contribution >= 4 is 29.3 Å². The Labute approximate surface area is 164 Å². The predicted molar refractivity (Wildman–Crippen MR) is 108 cm³/mol. The predicted octanol–water partition coefficient (Wildman–Crippen LogP) is 3.30. The van der Waals surface area contributed by atoms with Crippen molar-refractivity contribution in [1.29, 1.82) is 0 Å². The third-order valence-corrected chi connectivity index (χ3v) is 5.41. The van der Waals surface area contributed by atoms with E-state index in [1.54, 1.807) is 35.7 Å². The molecule has 1 heterocycles. The highest BCUT2D eigenvalue weighted by Crippen LogP contribution is 2.18. The molecule has 2 aromatic rings. The van der Waals surface area contributed by atoms with Gasteiger partial charge in [-0.2, -0.15) is 0 Å². The molecule has 0 N–H and O–H groups in total. The number of ether oxygens (including phenoxy) is 1. The minimum Gasteiger partial charge on any atom is -0.449 e. The Kier molecular flexibility index (Phi) is 6.40. The van der Waals surface area contributed by atoms with Gasteiger partial charge in [0.1, 0.15) is 0 Å². The first-order chi connectivity index (χ1) is 13.1. The zero-order chi connectivity index (χ0) is 19.2. The number of carbonyl (C=O) groups is 2. The molecule has 27 heavy (non-hydrogen) atoms. The molecule has 0 saturated carbocycles. The summed E-state index contributed by atoms with van der Waals surface area (Å²) in [5.74, 6) is -0.608. The van der Waals surface area contributed by atoms with E-state index < -0.39 is 12.1 Å². The van der Waals surface area contributed by atoms with E-state index in [0.29, 0.717) is 18.7 Å². The number of para-hydroxylation sites is 1. The van der Waals surface area contributed by atoms with Crippen LogP contribution in [0.5, 0.6) is 0 Å². The molecule has 6 heteroatoms. The summed E-state index contributed by atoms with van der Waals surface area (Å²) >= 11 is 1.61. The average molecular weight is 385 g/mol. The minimum atomic E-state index is -0.791. The van der Waals surface area contributed by atoms with Gasteiger partial charge in [-0.3, -0.25) is 4.79 Å². The lowest BCUT2D eigenvalue weighted by Gasteiger charge is -2.37. The van der Waals surface area contributed by atoms with Crippen LogP contribution in [0, 0.1) is 0 Å². The van der Waals surface area contributed by atoms with Crippen LogP contribution in [0.15, 0.2) is 59.5 Å². The third kappa shape index (κ3) is 4.83. The summed E-state index contributed by atoms with van der Waals surface area (Å²) in [4.78, 5) is 30.0. The first-order valence-electron chi connectivity index (χ1n) is 9.02. The van der Waals surface area contributed by atoms with Crippen LogP contribution in [0.4, 0.5) is 5.69 Å². The van der Waals surface area contributed by atoms with Gasteiger partial charge in [0.15, 0.2) is 6.10 Å². The second-order valence-electron chi connectivity index (χ2n) is 6.42. The summed E-state index contributed by atoms with van der Waals surface area (Å²) in [6.07, 6.45) is 1.19. The molecule has 0 radical (unpaired) electrons. The normalized spacial score (nSPS) is 15.3. The smallest absolute Gasteiger partial charge is 0.338 e. The fraction of sp³-hybridized carbons (Fsp3) is 0.333. The van der Waals surface area contributed by atoms with Crippen LogP contribution in [0.3, 0.4) is 0 Å². The molecule has 1 aliphatic heterocycles. The van der Waals surface area contributed by atoms with Gasteiger partial charge in [-0.15, -0.1) is 11.8 Å². The maximum Gasteiger partial charge on any atom is 0.338 e. The number of hydrogen-bond acceptors (Lipinski definition) is 5. The summed E-state index contributed by atoms with van der Waals surface area (Å²) in [6, 6.07) is 17.4. The van der Waals surface area contributed by atoms with Gasteiger partial charge in [0.2, 0.25) is 0 Å². The summed E-state index contributed by atoms with van der Waals surface area (Å²) < 4.78 is 5.39. The molecule has 0 aromatic heterocycles.